The van der Waals surface area contributed by atoms with Gasteiger partial charge in [-0.1, -0.05) is 67.6 Å². The van der Waals surface area contributed by atoms with Crippen molar-refractivity contribution in [3.05, 3.63) is 109 Å². The number of alkyl carbamates (subject to hydrolysis) is 1. The average molecular weight is 753 g/mol. The van der Waals surface area contributed by atoms with E-state index in [0.29, 0.717) is 30.5 Å². The molecule has 2 unspecified atom stereocenters. The number of amides is 4. The summed E-state index contributed by atoms with van der Waals surface area (Å²) >= 11 is 0. The minimum Gasteiger partial charge on any atom is -0.457 e. The molecule has 1 aromatic heterocycles. The lowest BCUT2D eigenvalue weighted by Crippen LogP contribution is -2.59. The standard InChI is InChI=1S/C42H52N6O7/c1-29-21-23-47(24-22-29)38(50)36(31-17-19-33(20-18-31)54-32-15-11-8-12-16-32)48-25-35(43-28-48)45-37(49)34(27-53-26-30-13-9-7-10-14-30)44-39(51)42(5,6)46-40(52)55-41(2,3)4/h7-20,25,28-29,34,36H,21-24,26-27H2,1-6H3,(H,44,51)(H,45,49)(H,46,52). The van der Waals surface area contributed by atoms with Crippen molar-refractivity contribution in [2.24, 2.45) is 5.92 Å². The zero-order valence-corrected chi connectivity index (χ0v) is 32.4. The molecule has 0 radical (unpaired) electrons. The third-order valence-electron chi connectivity index (χ3n) is 9.05. The maximum atomic E-state index is 14.2. The molecule has 4 amide bonds. The van der Waals surface area contributed by atoms with Crippen LogP contribution in [-0.4, -0.2) is 75.1 Å². The fraction of sp³-hybridized carbons (Fsp3) is 0.405. The number of nitrogens with zero attached hydrogens (tertiary/aromatic N) is 3. The molecule has 3 aromatic carbocycles. The van der Waals surface area contributed by atoms with E-state index in [0.717, 1.165) is 24.0 Å². The van der Waals surface area contributed by atoms with Crippen molar-refractivity contribution in [3.8, 4) is 11.5 Å². The molecule has 13 nitrogen and oxygen atoms in total. The van der Waals surface area contributed by atoms with Crippen LogP contribution < -0.4 is 20.7 Å². The van der Waals surface area contributed by atoms with Gasteiger partial charge >= 0.3 is 6.09 Å². The van der Waals surface area contributed by atoms with Gasteiger partial charge in [-0.2, -0.15) is 0 Å². The fourth-order valence-electron chi connectivity index (χ4n) is 5.95. The van der Waals surface area contributed by atoms with E-state index in [1.807, 2.05) is 89.8 Å². The summed E-state index contributed by atoms with van der Waals surface area (Å²) in [7, 11) is 0. The summed E-state index contributed by atoms with van der Waals surface area (Å²) in [5.74, 6) is 0.715. The topological polar surface area (TPSA) is 153 Å². The van der Waals surface area contributed by atoms with Gasteiger partial charge < -0.3 is 39.6 Å². The number of imidazole rings is 1. The Morgan fingerprint density at radius 2 is 1.47 bits per heavy atom. The van der Waals surface area contributed by atoms with Gasteiger partial charge in [0, 0.05) is 19.3 Å². The summed E-state index contributed by atoms with van der Waals surface area (Å²) in [6, 6.07) is 24.3. The van der Waals surface area contributed by atoms with Gasteiger partial charge in [-0.25, -0.2) is 9.78 Å². The first-order valence-corrected chi connectivity index (χ1v) is 18.6. The first-order chi connectivity index (χ1) is 26.2. The predicted molar refractivity (Wildman–Crippen MR) is 208 cm³/mol. The molecule has 2 heterocycles. The zero-order chi connectivity index (χ0) is 39.6. The van der Waals surface area contributed by atoms with E-state index < -0.39 is 41.1 Å². The minimum atomic E-state index is -1.44. The summed E-state index contributed by atoms with van der Waals surface area (Å²) in [6.07, 6.45) is 4.15. The van der Waals surface area contributed by atoms with Crippen molar-refractivity contribution < 1.29 is 33.4 Å². The number of aromatic nitrogens is 2. The number of nitrogens with one attached hydrogen (secondary N) is 3. The molecule has 2 atom stereocenters. The highest BCUT2D eigenvalue weighted by molar-refractivity contribution is 5.98. The quantitative estimate of drug-likeness (QED) is 0.133. The van der Waals surface area contributed by atoms with Crippen molar-refractivity contribution >= 4 is 29.6 Å². The number of benzene rings is 3. The van der Waals surface area contributed by atoms with Crippen LogP contribution in [0.3, 0.4) is 0 Å². The number of anilines is 1. The number of carbonyl (C=O) groups is 4. The van der Waals surface area contributed by atoms with E-state index in [2.05, 4.69) is 27.9 Å². The molecule has 1 saturated heterocycles. The van der Waals surface area contributed by atoms with Crippen LogP contribution in [0.2, 0.25) is 0 Å². The maximum Gasteiger partial charge on any atom is 0.408 e. The van der Waals surface area contributed by atoms with Gasteiger partial charge in [0.1, 0.15) is 34.7 Å². The molecule has 1 fully saturated rings. The molecule has 4 aromatic rings. The summed E-state index contributed by atoms with van der Waals surface area (Å²) in [6.45, 7) is 11.7. The lowest BCUT2D eigenvalue weighted by atomic mass is 9.97. The lowest BCUT2D eigenvalue weighted by molar-refractivity contribution is -0.135. The zero-order valence-electron chi connectivity index (χ0n) is 32.4. The Morgan fingerprint density at radius 1 is 0.855 bits per heavy atom. The number of piperidine rings is 1. The van der Waals surface area contributed by atoms with E-state index >= 15 is 0 Å². The van der Waals surface area contributed by atoms with Gasteiger partial charge in [-0.3, -0.25) is 14.4 Å². The van der Waals surface area contributed by atoms with Crippen LogP contribution in [0.25, 0.3) is 0 Å². The van der Waals surface area contributed by atoms with Crippen molar-refractivity contribution in [2.45, 2.75) is 84.2 Å². The number of likely N-dealkylation sites (tertiary alicyclic amines) is 1. The maximum absolute atomic E-state index is 14.2. The molecule has 1 aliphatic rings. The van der Waals surface area contributed by atoms with Crippen LogP contribution in [-0.2, 0) is 30.5 Å². The second-order valence-corrected chi connectivity index (χ2v) is 15.4. The highest BCUT2D eigenvalue weighted by atomic mass is 16.6. The first-order valence-electron chi connectivity index (χ1n) is 18.6. The average Bonchev–Trinajstić information content (AvgIpc) is 3.59. The molecule has 0 spiro atoms. The van der Waals surface area contributed by atoms with Gasteiger partial charge in [0.15, 0.2) is 5.82 Å². The summed E-state index contributed by atoms with van der Waals surface area (Å²) in [5, 5.41) is 8.08. The van der Waals surface area contributed by atoms with Crippen molar-refractivity contribution in [1.29, 1.82) is 0 Å². The van der Waals surface area contributed by atoms with Gasteiger partial charge in [-0.05, 0) is 88.8 Å². The van der Waals surface area contributed by atoms with Gasteiger partial charge in [0.05, 0.1) is 19.5 Å². The SMILES string of the molecule is CC1CCN(C(=O)C(c2ccc(Oc3ccccc3)cc2)n2cnc(NC(=O)C(COCc3ccccc3)NC(=O)C(C)(C)NC(=O)OC(C)(C)C)c2)CC1. The normalized spacial score (nSPS) is 14.7. The largest absolute Gasteiger partial charge is 0.457 e. The van der Waals surface area contributed by atoms with E-state index in [1.54, 1.807) is 31.5 Å². The monoisotopic (exact) mass is 752 g/mol. The Hall–Kier alpha value is -5.69. The Labute approximate surface area is 322 Å². The second kappa shape index (κ2) is 18.1. The second-order valence-electron chi connectivity index (χ2n) is 15.4. The number of rotatable bonds is 14. The van der Waals surface area contributed by atoms with Crippen LogP contribution in [0, 0.1) is 5.92 Å². The van der Waals surface area contributed by atoms with E-state index in [9.17, 15) is 19.2 Å². The molecule has 13 heteroatoms. The molecule has 1 aliphatic heterocycles. The number of para-hydroxylation sites is 1. The van der Waals surface area contributed by atoms with Gasteiger partial charge in [0.25, 0.3) is 5.91 Å². The summed E-state index contributed by atoms with van der Waals surface area (Å²) in [4.78, 5) is 60.3. The van der Waals surface area contributed by atoms with Crippen molar-refractivity contribution in [3.63, 3.8) is 0 Å². The summed E-state index contributed by atoms with van der Waals surface area (Å²) < 4.78 is 18.9. The third kappa shape index (κ3) is 11.9. The van der Waals surface area contributed by atoms with E-state index in [4.69, 9.17) is 14.2 Å². The van der Waals surface area contributed by atoms with Crippen molar-refractivity contribution in [1.82, 2.24) is 25.1 Å². The van der Waals surface area contributed by atoms with E-state index in [1.165, 1.54) is 20.2 Å². The number of hydrogen-bond acceptors (Lipinski definition) is 8. The Balaban J connectivity index is 1.34. The first kappa shape index (κ1) is 40.5. The Bertz CT molecular complexity index is 1880. The Kier molecular flexibility index (Phi) is 13.3. The molecule has 3 N–H and O–H groups in total. The Morgan fingerprint density at radius 3 is 2.11 bits per heavy atom. The van der Waals surface area contributed by atoms with E-state index in [-0.39, 0.29) is 24.9 Å². The van der Waals surface area contributed by atoms with Gasteiger partial charge in [-0.15, -0.1) is 0 Å². The number of ether oxygens (including phenoxy) is 3. The third-order valence-corrected chi connectivity index (χ3v) is 9.05. The molecule has 292 valence electrons. The molecule has 0 aliphatic carbocycles. The fourth-order valence-corrected chi connectivity index (χ4v) is 5.95. The van der Waals surface area contributed by atoms with Gasteiger partial charge in [0.2, 0.25) is 11.8 Å². The predicted octanol–water partition coefficient (Wildman–Crippen LogP) is 6.47. The molecule has 0 bridgehead atoms. The highest BCUT2D eigenvalue weighted by Gasteiger charge is 2.35. The summed E-state index contributed by atoms with van der Waals surface area (Å²) in [5.41, 5.74) is -0.608. The molecular weight excluding hydrogens is 700 g/mol. The molecule has 5 rings (SSSR count). The molecular formula is C42H52N6O7. The van der Waals surface area contributed by atoms with Crippen LogP contribution in [0.15, 0.2) is 97.5 Å². The van der Waals surface area contributed by atoms with Crippen LogP contribution >= 0.6 is 0 Å². The molecule has 0 saturated carbocycles. The van der Waals surface area contributed by atoms with Crippen LogP contribution in [0.4, 0.5) is 10.6 Å². The number of carbonyl (C=O) groups excluding carboxylic acids is 4. The van der Waals surface area contributed by atoms with Crippen LogP contribution in [0.5, 0.6) is 11.5 Å². The lowest BCUT2D eigenvalue weighted by Gasteiger charge is -2.33. The highest BCUT2D eigenvalue weighted by Crippen LogP contribution is 2.29. The smallest absolute Gasteiger partial charge is 0.408 e. The minimum absolute atomic E-state index is 0.0851. The van der Waals surface area contributed by atoms with Crippen LogP contribution in [0.1, 0.15) is 71.6 Å². The van der Waals surface area contributed by atoms with Crippen molar-refractivity contribution in [2.75, 3.05) is 25.0 Å². The number of hydrogen-bond donors (Lipinski definition) is 3. The molecule has 55 heavy (non-hydrogen) atoms.